The minimum atomic E-state index is -0.337. The lowest BCUT2D eigenvalue weighted by atomic mass is 9.63. The van der Waals surface area contributed by atoms with E-state index in [9.17, 15) is 10.1 Å². The number of nitrogens with one attached hydrogen (secondary N) is 1. The van der Waals surface area contributed by atoms with Crippen LogP contribution in [0.4, 0.5) is 5.69 Å². The molecule has 0 aliphatic heterocycles. The molecule has 4 nitrogen and oxygen atoms in total. The second-order valence-electron chi connectivity index (χ2n) is 7.92. The quantitative estimate of drug-likeness (QED) is 0.665. The van der Waals surface area contributed by atoms with E-state index < -0.39 is 0 Å². The summed E-state index contributed by atoms with van der Waals surface area (Å²) in [5, 5.41) is 14.4. The Morgan fingerprint density at radius 2 is 1.86 bits per heavy atom. The molecule has 1 saturated carbocycles. The first-order chi connectivity index (χ1) is 9.67. The van der Waals surface area contributed by atoms with Gasteiger partial charge in [-0.15, -0.1) is 0 Å². The first kappa shape index (κ1) is 16.0. The number of hydrogen-bond acceptors (Lipinski definition) is 3. The zero-order chi connectivity index (χ0) is 15.7. The van der Waals surface area contributed by atoms with Gasteiger partial charge in [-0.05, 0) is 35.7 Å². The molecule has 116 valence electrons. The van der Waals surface area contributed by atoms with Crippen molar-refractivity contribution in [3.63, 3.8) is 0 Å². The summed E-state index contributed by atoms with van der Waals surface area (Å²) in [6, 6.07) is 7.37. The Hall–Kier alpha value is -1.42. The number of nitrogens with zero attached hydrogens (tertiary/aromatic N) is 1. The van der Waals surface area contributed by atoms with Crippen molar-refractivity contribution in [3.8, 4) is 0 Å². The maximum atomic E-state index is 10.8. The molecule has 1 N–H and O–H groups in total. The summed E-state index contributed by atoms with van der Waals surface area (Å²) in [6.45, 7) is 10.0. The smallest absolute Gasteiger partial charge is 0.269 e. The number of rotatable bonds is 4. The van der Waals surface area contributed by atoms with E-state index in [-0.39, 0.29) is 10.6 Å². The van der Waals surface area contributed by atoms with E-state index in [0.29, 0.717) is 23.4 Å². The Bertz CT molecular complexity index is 507. The van der Waals surface area contributed by atoms with Gasteiger partial charge in [-0.25, -0.2) is 0 Å². The summed E-state index contributed by atoms with van der Waals surface area (Å²) in [7, 11) is 0. The summed E-state index contributed by atoms with van der Waals surface area (Å²) < 4.78 is 0. The van der Waals surface area contributed by atoms with Crippen LogP contribution in [0.1, 0.15) is 52.5 Å². The fourth-order valence-electron chi connectivity index (χ4n) is 4.03. The van der Waals surface area contributed by atoms with Gasteiger partial charge in [0.2, 0.25) is 0 Å². The Kier molecular flexibility index (Phi) is 4.38. The number of non-ortho nitro benzene ring substituents is 1. The molecule has 0 spiro atoms. The van der Waals surface area contributed by atoms with Gasteiger partial charge in [0.25, 0.3) is 5.69 Å². The van der Waals surface area contributed by atoms with Crippen LogP contribution in [0.3, 0.4) is 0 Å². The second-order valence-corrected chi connectivity index (χ2v) is 7.92. The molecule has 1 aliphatic rings. The molecule has 0 atom stereocenters. The lowest BCUT2D eigenvalue weighted by Crippen LogP contribution is -2.43. The van der Waals surface area contributed by atoms with Crippen LogP contribution in [-0.2, 0) is 6.54 Å². The van der Waals surface area contributed by atoms with Gasteiger partial charge in [0, 0.05) is 24.7 Å². The van der Waals surface area contributed by atoms with Crippen LogP contribution in [-0.4, -0.2) is 11.0 Å². The average Bonchev–Trinajstić information content (AvgIpc) is 2.33. The average molecular weight is 290 g/mol. The fourth-order valence-corrected chi connectivity index (χ4v) is 4.03. The maximum absolute atomic E-state index is 10.8. The van der Waals surface area contributed by atoms with Gasteiger partial charge in [-0.1, -0.05) is 39.8 Å². The molecular formula is C17H26N2O2. The van der Waals surface area contributed by atoms with Gasteiger partial charge in [-0.3, -0.25) is 10.1 Å². The first-order valence-electron chi connectivity index (χ1n) is 7.64. The van der Waals surface area contributed by atoms with Gasteiger partial charge in [0.1, 0.15) is 0 Å². The third kappa shape index (κ3) is 4.53. The van der Waals surface area contributed by atoms with Gasteiger partial charge in [0.05, 0.1) is 4.92 Å². The molecule has 0 bridgehead atoms. The minimum Gasteiger partial charge on any atom is -0.310 e. The molecule has 1 aromatic rings. The maximum Gasteiger partial charge on any atom is 0.269 e. The van der Waals surface area contributed by atoms with E-state index in [1.807, 2.05) is 6.07 Å². The fraction of sp³-hybridized carbons (Fsp3) is 0.647. The SMILES string of the molecule is CC1(C)CC(NCc2cccc([N+](=O)[O-])c2)CC(C)(C)C1. The Morgan fingerprint density at radius 3 is 2.43 bits per heavy atom. The predicted octanol–water partition coefficient (Wildman–Crippen LogP) is 4.29. The molecule has 0 unspecified atom stereocenters. The third-order valence-corrected chi connectivity index (χ3v) is 4.27. The van der Waals surface area contributed by atoms with E-state index in [2.05, 4.69) is 33.0 Å². The number of benzene rings is 1. The van der Waals surface area contributed by atoms with Crippen LogP contribution < -0.4 is 5.32 Å². The highest BCUT2D eigenvalue weighted by molar-refractivity contribution is 5.34. The van der Waals surface area contributed by atoms with Crippen molar-refractivity contribution in [2.45, 2.75) is 59.5 Å². The molecule has 4 heteroatoms. The lowest BCUT2D eigenvalue weighted by molar-refractivity contribution is -0.384. The summed E-state index contributed by atoms with van der Waals surface area (Å²) in [4.78, 5) is 10.5. The van der Waals surface area contributed by atoms with Crippen molar-refractivity contribution in [2.24, 2.45) is 10.8 Å². The van der Waals surface area contributed by atoms with E-state index in [1.54, 1.807) is 12.1 Å². The van der Waals surface area contributed by atoms with Crippen molar-refractivity contribution in [1.82, 2.24) is 5.32 Å². The first-order valence-corrected chi connectivity index (χ1v) is 7.64. The molecule has 2 rings (SSSR count). The van der Waals surface area contributed by atoms with E-state index in [0.717, 1.165) is 18.4 Å². The van der Waals surface area contributed by atoms with E-state index >= 15 is 0 Å². The highest BCUT2D eigenvalue weighted by Gasteiger charge is 2.38. The van der Waals surface area contributed by atoms with Crippen LogP contribution in [0.2, 0.25) is 0 Å². The van der Waals surface area contributed by atoms with Crippen molar-refractivity contribution in [1.29, 1.82) is 0 Å². The molecule has 0 aromatic heterocycles. The highest BCUT2D eigenvalue weighted by Crippen LogP contribution is 2.45. The van der Waals surface area contributed by atoms with E-state index in [4.69, 9.17) is 0 Å². The van der Waals surface area contributed by atoms with Crippen LogP contribution in [0.5, 0.6) is 0 Å². The minimum absolute atomic E-state index is 0.165. The zero-order valence-electron chi connectivity index (χ0n) is 13.5. The molecule has 0 heterocycles. The summed E-state index contributed by atoms with van der Waals surface area (Å²) in [6.07, 6.45) is 3.56. The standard InChI is InChI=1S/C17H26N2O2/c1-16(2)9-14(10-17(3,4)12-16)18-11-13-6-5-7-15(8-13)19(20)21/h5-8,14,18H,9-12H2,1-4H3. The summed E-state index contributed by atoms with van der Waals surface area (Å²) in [5.74, 6) is 0. The van der Waals surface area contributed by atoms with Gasteiger partial charge in [-0.2, -0.15) is 0 Å². The summed E-state index contributed by atoms with van der Waals surface area (Å²) >= 11 is 0. The Morgan fingerprint density at radius 1 is 1.24 bits per heavy atom. The number of nitro benzene ring substituents is 1. The normalized spacial score (nSPS) is 21.1. The largest absolute Gasteiger partial charge is 0.310 e. The molecular weight excluding hydrogens is 264 g/mol. The van der Waals surface area contributed by atoms with E-state index in [1.165, 1.54) is 12.5 Å². The van der Waals surface area contributed by atoms with Gasteiger partial charge >= 0.3 is 0 Å². The number of nitro groups is 1. The molecule has 1 fully saturated rings. The lowest BCUT2D eigenvalue weighted by Gasteiger charge is -2.45. The molecule has 21 heavy (non-hydrogen) atoms. The molecule has 0 radical (unpaired) electrons. The topological polar surface area (TPSA) is 55.2 Å². The van der Waals surface area contributed by atoms with Crippen molar-refractivity contribution in [2.75, 3.05) is 0 Å². The predicted molar refractivity (Wildman–Crippen MR) is 85.1 cm³/mol. The van der Waals surface area contributed by atoms with Crippen LogP contribution in [0, 0.1) is 20.9 Å². The molecule has 0 amide bonds. The van der Waals surface area contributed by atoms with Gasteiger partial charge in [0.15, 0.2) is 0 Å². The molecule has 1 aliphatic carbocycles. The zero-order valence-corrected chi connectivity index (χ0v) is 13.5. The van der Waals surface area contributed by atoms with Crippen molar-refractivity contribution in [3.05, 3.63) is 39.9 Å². The Balaban J connectivity index is 1.99. The monoisotopic (exact) mass is 290 g/mol. The van der Waals surface area contributed by atoms with Crippen molar-refractivity contribution < 1.29 is 4.92 Å². The van der Waals surface area contributed by atoms with Crippen LogP contribution in [0.25, 0.3) is 0 Å². The second kappa shape index (κ2) is 5.76. The Labute approximate surface area is 127 Å². The third-order valence-electron chi connectivity index (χ3n) is 4.27. The van der Waals surface area contributed by atoms with Crippen LogP contribution >= 0.6 is 0 Å². The molecule has 1 aromatic carbocycles. The highest BCUT2D eigenvalue weighted by atomic mass is 16.6. The molecule has 0 saturated heterocycles. The van der Waals surface area contributed by atoms with Crippen molar-refractivity contribution >= 4 is 5.69 Å². The van der Waals surface area contributed by atoms with Crippen LogP contribution in [0.15, 0.2) is 24.3 Å². The van der Waals surface area contributed by atoms with Gasteiger partial charge < -0.3 is 5.32 Å². The number of hydrogen-bond donors (Lipinski definition) is 1. The summed E-state index contributed by atoms with van der Waals surface area (Å²) in [5.41, 5.74) is 1.84.